The smallest absolute Gasteiger partial charge is 0.0945 e. The van der Waals surface area contributed by atoms with Gasteiger partial charge >= 0.3 is 0 Å². The molecule has 0 fully saturated rings. The Morgan fingerprint density at radius 3 is 2.83 bits per heavy atom. The number of hydrogen-bond acceptors (Lipinski definition) is 2. The van der Waals surface area contributed by atoms with E-state index in [1.807, 2.05) is 19.6 Å². The molecule has 1 aromatic heterocycles. The van der Waals surface area contributed by atoms with Crippen LogP contribution in [0.3, 0.4) is 0 Å². The molecule has 0 aromatic carbocycles. The Hall–Kier alpha value is -0.830. The highest BCUT2D eigenvalue weighted by atomic mass is 15.0. The van der Waals surface area contributed by atoms with Gasteiger partial charge in [0.25, 0.3) is 0 Å². The van der Waals surface area contributed by atoms with E-state index in [0.29, 0.717) is 6.04 Å². The molecular weight excluding hydrogens is 150 g/mol. The van der Waals surface area contributed by atoms with Gasteiger partial charge in [0.05, 0.1) is 6.33 Å². The molecule has 12 heavy (non-hydrogen) atoms. The van der Waals surface area contributed by atoms with Crippen LogP contribution in [0.25, 0.3) is 0 Å². The minimum Gasteiger partial charge on any atom is -0.338 e. The van der Waals surface area contributed by atoms with Crippen molar-refractivity contribution in [2.24, 2.45) is 7.05 Å². The lowest BCUT2D eigenvalue weighted by molar-refractivity contribution is 0.582. The predicted octanol–water partition coefficient (Wildman–Crippen LogP) is 0.961. The summed E-state index contributed by atoms with van der Waals surface area (Å²) in [5.74, 6) is 0. The average Bonchev–Trinajstić information content (AvgIpc) is 2.36. The largest absolute Gasteiger partial charge is 0.338 e. The first-order valence-electron chi connectivity index (χ1n) is 4.38. The molecule has 0 radical (unpaired) electrons. The van der Waals surface area contributed by atoms with Crippen molar-refractivity contribution in [3.8, 4) is 0 Å². The third-order valence-electron chi connectivity index (χ3n) is 1.85. The Morgan fingerprint density at radius 2 is 2.33 bits per heavy atom. The second-order valence-electron chi connectivity index (χ2n) is 3.35. The van der Waals surface area contributed by atoms with Gasteiger partial charge in [-0.15, -0.1) is 0 Å². The van der Waals surface area contributed by atoms with E-state index in [-0.39, 0.29) is 0 Å². The minimum atomic E-state index is 0.568. The molecule has 3 nitrogen and oxygen atoms in total. The standard InChI is InChI=1S/C9H17N3/c1-8(2)11-5-4-9-6-10-7-12(9)3/h6-8,11H,4-5H2,1-3H3. The zero-order valence-electron chi connectivity index (χ0n) is 8.04. The Bertz CT molecular complexity index is 227. The summed E-state index contributed by atoms with van der Waals surface area (Å²) in [6.07, 6.45) is 4.81. The lowest BCUT2D eigenvalue weighted by Gasteiger charge is -2.07. The maximum absolute atomic E-state index is 4.05. The fraction of sp³-hybridized carbons (Fsp3) is 0.667. The van der Waals surface area contributed by atoms with E-state index in [4.69, 9.17) is 0 Å². The summed E-state index contributed by atoms with van der Waals surface area (Å²) >= 11 is 0. The van der Waals surface area contributed by atoms with Gasteiger partial charge in [0.15, 0.2) is 0 Å². The summed E-state index contributed by atoms with van der Waals surface area (Å²) in [5.41, 5.74) is 1.28. The van der Waals surface area contributed by atoms with Gasteiger partial charge in [0, 0.05) is 37.9 Å². The van der Waals surface area contributed by atoms with Crippen molar-refractivity contribution in [2.45, 2.75) is 26.3 Å². The highest BCUT2D eigenvalue weighted by Gasteiger charge is 1.97. The maximum Gasteiger partial charge on any atom is 0.0945 e. The predicted molar refractivity (Wildman–Crippen MR) is 50.1 cm³/mol. The molecule has 1 rings (SSSR count). The first kappa shape index (κ1) is 9.26. The van der Waals surface area contributed by atoms with Crippen molar-refractivity contribution in [3.05, 3.63) is 18.2 Å². The molecule has 0 aliphatic carbocycles. The third-order valence-corrected chi connectivity index (χ3v) is 1.85. The molecule has 0 aliphatic rings. The minimum absolute atomic E-state index is 0.568. The van der Waals surface area contributed by atoms with Gasteiger partial charge in [-0.1, -0.05) is 13.8 Å². The Balaban J connectivity index is 2.29. The van der Waals surface area contributed by atoms with E-state index < -0.39 is 0 Å². The van der Waals surface area contributed by atoms with E-state index in [1.54, 1.807) is 0 Å². The van der Waals surface area contributed by atoms with Gasteiger partial charge < -0.3 is 9.88 Å². The summed E-state index contributed by atoms with van der Waals surface area (Å²) in [7, 11) is 2.03. The van der Waals surface area contributed by atoms with Crippen molar-refractivity contribution in [3.63, 3.8) is 0 Å². The second-order valence-corrected chi connectivity index (χ2v) is 3.35. The first-order chi connectivity index (χ1) is 5.70. The lowest BCUT2D eigenvalue weighted by Crippen LogP contribution is -2.25. The molecule has 1 aromatic rings. The molecule has 0 atom stereocenters. The molecule has 3 heteroatoms. The van der Waals surface area contributed by atoms with Crippen molar-refractivity contribution in [2.75, 3.05) is 6.54 Å². The van der Waals surface area contributed by atoms with Crippen LogP contribution < -0.4 is 5.32 Å². The van der Waals surface area contributed by atoms with Gasteiger partial charge in [-0.2, -0.15) is 0 Å². The normalized spacial score (nSPS) is 11.0. The van der Waals surface area contributed by atoms with E-state index in [1.165, 1.54) is 5.69 Å². The number of hydrogen-bond donors (Lipinski definition) is 1. The summed E-state index contributed by atoms with van der Waals surface area (Å²) in [6, 6.07) is 0.568. The molecule has 0 amide bonds. The van der Waals surface area contributed by atoms with Crippen LogP contribution in [0.5, 0.6) is 0 Å². The number of nitrogens with zero attached hydrogens (tertiary/aromatic N) is 2. The van der Waals surface area contributed by atoms with Gasteiger partial charge in [-0.3, -0.25) is 0 Å². The van der Waals surface area contributed by atoms with E-state index in [9.17, 15) is 0 Å². The van der Waals surface area contributed by atoms with Gasteiger partial charge in [-0.25, -0.2) is 4.98 Å². The molecule has 0 unspecified atom stereocenters. The summed E-state index contributed by atoms with van der Waals surface area (Å²) < 4.78 is 2.06. The van der Waals surface area contributed by atoms with Crippen LogP contribution in [-0.4, -0.2) is 22.1 Å². The van der Waals surface area contributed by atoms with E-state index in [0.717, 1.165) is 13.0 Å². The number of imidazole rings is 1. The molecule has 1 N–H and O–H groups in total. The quantitative estimate of drug-likeness (QED) is 0.724. The summed E-state index contributed by atoms with van der Waals surface area (Å²) in [6.45, 7) is 5.34. The van der Waals surface area contributed by atoms with Crippen molar-refractivity contribution >= 4 is 0 Å². The van der Waals surface area contributed by atoms with Crippen LogP contribution in [0, 0.1) is 0 Å². The summed E-state index contributed by atoms with van der Waals surface area (Å²) in [5, 5.41) is 3.37. The fourth-order valence-electron chi connectivity index (χ4n) is 1.11. The maximum atomic E-state index is 4.05. The number of aryl methyl sites for hydroxylation is 1. The van der Waals surface area contributed by atoms with Crippen LogP contribution in [-0.2, 0) is 13.5 Å². The molecule has 0 spiro atoms. The molecule has 1 heterocycles. The first-order valence-corrected chi connectivity index (χ1v) is 4.38. The van der Waals surface area contributed by atoms with Gasteiger partial charge in [-0.05, 0) is 0 Å². The van der Waals surface area contributed by atoms with Crippen molar-refractivity contribution in [1.29, 1.82) is 0 Å². The van der Waals surface area contributed by atoms with Gasteiger partial charge in [0.1, 0.15) is 0 Å². The van der Waals surface area contributed by atoms with Gasteiger partial charge in [0.2, 0.25) is 0 Å². The molecule has 0 bridgehead atoms. The third kappa shape index (κ3) is 2.66. The van der Waals surface area contributed by atoms with Crippen LogP contribution in [0.4, 0.5) is 0 Å². The fourth-order valence-corrected chi connectivity index (χ4v) is 1.11. The van der Waals surface area contributed by atoms with Crippen molar-refractivity contribution in [1.82, 2.24) is 14.9 Å². The SMILES string of the molecule is CC(C)NCCc1cncn1C. The molecule has 68 valence electrons. The monoisotopic (exact) mass is 167 g/mol. The second kappa shape index (κ2) is 4.26. The number of aromatic nitrogens is 2. The topological polar surface area (TPSA) is 29.9 Å². The van der Waals surface area contributed by atoms with Crippen LogP contribution >= 0.6 is 0 Å². The van der Waals surface area contributed by atoms with Crippen LogP contribution in [0.2, 0.25) is 0 Å². The van der Waals surface area contributed by atoms with Crippen LogP contribution in [0.15, 0.2) is 12.5 Å². The Kier molecular flexibility index (Phi) is 3.29. The highest BCUT2D eigenvalue weighted by molar-refractivity contribution is 4.97. The summed E-state index contributed by atoms with van der Waals surface area (Å²) in [4.78, 5) is 4.05. The van der Waals surface area contributed by atoms with E-state index in [2.05, 4.69) is 28.7 Å². The van der Waals surface area contributed by atoms with Crippen molar-refractivity contribution < 1.29 is 0 Å². The number of rotatable bonds is 4. The zero-order valence-corrected chi connectivity index (χ0v) is 8.04. The molecule has 0 aliphatic heterocycles. The Labute approximate surface area is 73.8 Å². The number of nitrogens with one attached hydrogen (secondary N) is 1. The van der Waals surface area contributed by atoms with E-state index >= 15 is 0 Å². The average molecular weight is 167 g/mol. The zero-order chi connectivity index (χ0) is 8.97. The molecule has 0 saturated carbocycles. The molecule has 0 saturated heterocycles. The lowest BCUT2D eigenvalue weighted by atomic mass is 10.3. The molecular formula is C9H17N3. The Morgan fingerprint density at radius 1 is 1.58 bits per heavy atom. The van der Waals surface area contributed by atoms with Crippen LogP contribution in [0.1, 0.15) is 19.5 Å². The highest BCUT2D eigenvalue weighted by Crippen LogP contribution is 1.96.